The maximum atomic E-state index is 13.5. The molecule has 0 rings (SSSR count). The van der Waals surface area contributed by atoms with E-state index in [1.54, 1.807) is 0 Å². The van der Waals surface area contributed by atoms with Crippen LogP contribution in [0.15, 0.2) is 0 Å². The summed E-state index contributed by atoms with van der Waals surface area (Å²) < 4.78 is 12.9. The Morgan fingerprint density at radius 1 is 0.313 bits per heavy atom. The van der Waals surface area contributed by atoms with Gasteiger partial charge in [0.15, 0.2) is 0 Å². The zero-order valence-corrected chi connectivity index (χ0v) is 46.7. The molecule has 0 aliphatic rings. The summed E-state index contributed by atoms with van der Waals surface area (Å²) in [4.78, 5) is 31.8. The third kappa shape index (κ3) is 51.0. The van der Waals surface area contributed by atoms with Gasteiger partial charge in [0.05, 0.1) is 0 Å². The molecule has 2 unspecified atom stereocenters. The highest BCUT2D eigenvalue weighted by Gasteiger charge is 2.23. The minimum atomic E-state index is -0.112. The summed E-state index contributed by atoms with van der Waals surface area (Å²) in [7, 11) is 4.30. The number of carbonyl (C=O) groups excluding carboxylic acids is 2. The first-order chi connectivity index (χ1) is 32.9. The van der Waals surface area contributed by atoms with Crippen molar-refractivity contribution in [1.82, 2.24) is 9.80 Å². The summed E-state index contributed by atoms with van der Waals surface area (Å²) in [5, 5.41) is 0. The molecule has 0 fully saturated rings. The van der Waals surface area contributed by atoms with Crippen molar-refractivity contribution < 1.29 is 19.1 Å². The lowest BCUT2D eigenvalue weighted by molar-refractivity contribution is -0.152. The van der Waals surface area contributed by atoms with Gasteiger partial charge in [0.2, 0.25) is 0 Å². The molecule has 0 saturated heterocycles. The molecular formula is C61H122N2O4. The van der Waals surface area contributed by atoms with Gasteiger partial charge in [0.25, 0.3) is 0 Å². The summed E-state index contributed by atoms with van der Waals surface area (Å²) in [6.45, 7) is 12.6. The average molecular weight is 948 g/mol. The Bertz CT molecular complexity index is 920. The van der Waals surface area contributed by atoms with Gasteiger partial charge in [-0.05, 0) is 72.1 Å². The fourth-order valence-corrected chi connectivity index (χ4v) is 9.89. The second kappa shape index (κ2) is 54.2. The van der Waals surface area contributed by atoms with Crippen LogP contribution in [-0.2, 0) is 19.1 Å². The molecule has 0 aliphatic heterocycles. The first-order valence-electron chi connectivity index (χ1n) is 30.6. The van der Waals surface area contributed by atoms with Gasteiger partial charge in [-0.3, -0.25) is 14.5 Å². The maximum absolute atomic E-state index is 13.5. The number of ether oxygens (including phenoxy) is 2. The Kier molecular flexibility index (Phi) is 53.3. The SMILES string of the molecule is CCCCCCCCCCCCCC(=O)OC(CCCCCCCCCCCC)CN(CCCN(C)C)CC(CCCCCCCCCCCC)OC(=O)CCCCCCCCCCCCC. The molecule has 0 aromatic heterocycles. The molecule has 0 spiro atoms. The molecule has 0 N–H and O–H groups in total. The van der Waals surface area contributed by atoms with Crippen molar-refractivity contribution in [3.8, 4) is 0 Å². The smallest absolute Gasteiger partial charge is 0.306 e. The van der Waals surface area contributed by atoms with Crippen LogP contribution in [0.5, 0.6) is 0 Å². The van der Waals surface area contributed by atoms with Crippen molar-refractivity contribution in [3.63, 3.8) is 0 Å². The lowest BCUT2D eigenvalue weighted by Crippen LogP contribution is -2.42. The molecule has 400 valence electrons. The molecule has 6 heteroatoms. The standard InChI is InChI=1S/C61H122N2O4/c1-7-11-15-19-23-27-31-35-39-43-47-52-60(64)66-58(50-45-41-37-33-29-25-21-17-13-9-3)56-63(55-49-54-62(5)6)57-59(51-46-42-38-34-30-26-22-18-14-10-4)67-61(65)53-48-44-40-36-32-28-24-20-16-12-8-2/h58-59H,7-57H2,1-6H3. The number of nitrogens with zero attached hydrogens (tertiary/aromatic N) is 2. The van der Waals surface area contributed by atoms with E-state index < -0.39 is 0 Å². The summed E-state index contributed by atoms with van der Waals surface area (Å²) in [5.41, 5.74) is 0. The number of unbranched alkanes of at least 4 members (excludes halogenated alkanes) is 38. The van der Waals surface area contributed by atoms with Crippen LogP contribution in [0.1, 0.15) is 329 Å². The van der Waals surface area contributed by atoms with Gasteiger partial charge in [-0.25, -0.2) is 0 Å². The predicted octanol–water partition coefficient (Wildman–Crippen LogP) is 19.1. The molecular weight excluding hydrogens is 825 g/mol. The molecule has 0 radical (unpaired) electrons. The van der Waals surface area contributed by atoms with E-state index in [0.29, 0.717) is 12.8 Å². The lowest BCUT2D eigenvalue weighted by Gasteiger charge is -2.31. The normalized spacial score (nSPS) is 12.7. The second-order valence-corrected chi connectivity index (χ2v) is 21.7. The van der Waals surface area contributed by atoms with E-state index in [2.05, 4.69) is 51.6 Å². The Morgan fingerprint density at radius 2 is 0.552 bits per heavy atom. The van der Waals surface area contributed by atoms with E-state index in [-0.39, 0.29) is 24.1 Å². The minimum Gasteiger partial charge on any atom is -0.461 e. The van der Waals surface area contributed by atoms with Crippen molar-refractivity contribution in [2.45, 2.75) is 342 Å². The van der Waals surface area contributed by atoms with Crippen LogP contribution in [0.25, 0.3) is 0 Å². The van der Waals surface area contributed by atoms with Crippen molar-refractivity contribution >= 4 is 11.9 Å². The number of hydrogen-bond acceptors (Lipinski definition) is 6. The average Bonchev–Trinajstić information content (AvgIpc) is 3.30. The topological polar surface area (TPSA) is 59.1 Å². The Labute approximate surface area is 421 Å². The van der Waals surface area contributed by atoms with Crippen LogP contribution in [0.2, 0.25) is 0 Å². The maximum Gasteiger partial charge on any atom is 0.306 e. The number of carbonyl (C=O) groups is 2. The Morgan fingerprint density at radius 3 is 0.806 bits per heavy atom. The molecule has 0 aliphatic carbocycles. The summed E-state index contributed by atoms with van der Waals surface area (Å²) in [6.07, 6.45) is 58.0. The van der Waals surface area contributed by atoms with Crippen LogP contribution >= 0.6 is 0 Å². The first kappa shape index (κ1) is 65.9. The van der Waals surface area contributed by atoms with Crippen LogP contribution < -0.4 is 0 Å². The van der Waals surface area contributed by atoms with Crippen LogP contribution in [0.4, 0.5) is 0 Å². The van der Waals surface area contributed by atoms with E-state index in [4.69, 9.17) is 9.47 Å². The Hall–Kier alpha value is -1.14. The second-order valence-electron chi connectivity index (χ2n) is 21.7. The monoisotopic (exact) mass is 947 g/mol. The van der Waals surface area contributed by atoms with E-state index in [1.165, 1.54) is 231 Å². The van der Waals surface area contributed by atoms with Crippen molar-refractivity contribution in [2.24, 2.45) is 0 Å². The molecule has 0 amide bonds. The molecule has 0 saturated carbocycles. The highest BCUT2D eigenvalue weighted by atomic mass is 16.5. The first-order valence-corrected chi connectivity index (χ1v) is 30.6. The van der Waals surface area contributed by atoms with Crippen molar-refractivity contribution in [2.75, 3.05) is 40.3 Å². The van der Waals surface area contributed by atoms with Crippen LogP contribution in [-0.4, -0.2) is 74.2 Å². The highest BCUT2D eigenvalue weighted by Crippen LogP contribution is 2.20. The fraction of sp³-hybridized carbons (Fsp3) is 0.967. The van der Waals surface area contributed by atoms with Crippen LogP contribution in [0, 0.1) is 0 Å². The third-order valence-corrected chi connectivity index (χ3v) is 14.3. The fourth-order valence-electron chi connectivity index (χ4n) is 9.89. The molecule has 0 aromatic carbocycles. The van der Waals surface area contributed by atoms with E-state index in [1.807, 2.05) is 0 Å². The van der Waals surface area contributed by atoms with E-state index in [0.717, 1.165) is 84.0 Å². The van der Waals surface area contributed by atoms with Gasteiger partial charge in [0.1, 0.15) is 12.2 Å². The molecule has 67 heavy (non-hydrogen) atoms. The molecule has 0 heterocycles. The van der Waals surface area contributed by atoms with Gasteiger partial charge in [-0.2, -0.15) is 0 Å². The van der Waals surface area contributed by atoms with E-state index in [9.17, 15) is 9.59 Å². The largest absolute Gasteiger partial charge is 0.461 e. The molecule has 6 nitrogen and oxygen atoms in total. The van der Waals surface area contributed by atoms with Crippen molar-refractivity contribution in [3.05, 3.63) is 0 Å². The summed E-state index contributed by atoms with van der Waals surface area (Å²) in [5.74, 6) is -0.0249. The number of rotatable bonds is 56. The van der Waals surface area contributed by atoms with Gasteiger partial charge in [-0.15, -0.1) is 0 Å². The summed E-state index contributed by atoms with van der Waals surface area (Å²) >= 11 is 0. The Balaban J connectivity index is 5.56. The third-order valence-electron chi connectivity index (χ3n) is 14.3. The lowest BCUT2D eigenvalue weighted by atomic mass is 10.0. The molecule has 2 atom stereocenters. The molecule has 0 aromatic rings. The van der Waals surface area contributed by atoms with Gasteiger partial charge >= 0.3 is 11.9 Å². The number of hydrogen-bond donors (Lipinski definition) is 0. The zero-order chi connectivity index (χ0) is 48.9. The minimum absolute atomic E-state index is 0.0124. The molecule has 0 bridgehead atoms. The van der Waals surface area contributed by atoms with Gasteiger partial charge < -0.3 is 14.4 Å². The number of esters is 2. The van der Waals surface area contributed by atoms with Crippen molar-refractivity contribution in [1.29, 1.82) is 0 Å². The van der Waals surface area contributed by atoms with Gasteiger partial charge in [0, 0.05) is 25.9 Å². The predicted molar refractivity (Wildman–Crippen MR) is 294 cm³/mol. The zero-order valence-electron chi connectivity index (χ0n) is 46.7. The van der Waals surface area contributed by atoms with Crippen LogP contribution in [0.3, 0.4) is 0 Å². The summed E-state index contributed by atoms with van der Waals surface area (Å²) in [6, 6.07) is 0. The highest BCUT2D eigenvalue weighted by molar-refractivity contribution is 5.69. The van der Waals surface area contributed by atoms with Gasteiger partial charge in [-0.1, -0.05) is 272 Å². The quantitative estimate of drug-likeness (QED) is 0.0447. The van der Waals surface area contributed by atoms with E-state index >= 15 is 0 Å².